The van der Waals surface area contributed by atoms with Gasteiger partial charge in [-0.15, -0.1) is 0 Å². The number of hydrogen-bond acceptors (Lipinski definition) is 2. The lowest BCUT2D eigenvalue weighted by Gasteiger charge is -2.04. The maximum atomic E-state index is 4.94. The third-order valence-corrected chi connectivity index (χ3v) is 3.35. The van der Waals surface area contributed by atoms with Crippen LogP contribution in [0.2, 0.25) is 0 Å². The molecule has 0 aromatic carbocycles. The maximum Gasteiger partial charge on any atom is 0.0745 e. The second kappa shape index (κ2) is 4.93. The van der Waals surface area contributed by atoms with E-state index in [0.29, 0.717) is 8.50 Å². The van der Waals surface area contributed by atoms with Crippen LogP contribution in [0.1, 0.15) is 0 Å². The fourth-order valence-corrected chi connectivity index (χ4v) is 1.49. The van der Waals surface area contributed by atoms with E-state index in [1.165, 1.54) is 0 Å². The first kappa shape index (κ1) is 7.78. The number of rotatable bonds is 3. The molecule has 0 rings (SSSR count). The first-order chi connectivity index (χ1) is 3.31. The maximum absolute atomic E-state index is 4.94. The molecular formula is C3H10O2P2. The lowest BCUT2D eigenvalue weighted by Crippen LogP contribution is -1.65. The van der Waals surface area contributed by atoms with Gasteiger partial charge in [-0.25, -0.2) is 0 Å². The van der Waals surface area contributed by atoms with E-state index in [2.05, 4.69) is 0 Å². The van der Waals surface area contributed by atoms with Gasteiger partial charge in [0.05, 0.1) is 16.3 Å². The third kappa shape index (κ3) is 4.64. The minimum Gasteiger partial charge on any atom is -0.359 e. The molecule has 0 aliphatic heterocycles. The van der Waals surface area contributed by atoms with Gasteiger partial charge in [0, 0.05) is 14.2 Å². The molecule has 0 spiro atoms. The van der Waals surface area contributed by atoms with Crippen LogP contribution in [-0.4, -0.2) is 20.9 Å². The Balaban J connectivity index is 2.83. The molecule has 0 saturated carbocycles. The monoisotopic (exact) mass is 140 g/mol. The van der Waals surface area contributed by atoms with Crippen LogP contribution in [0.15, 0.2) is 0 Å². The molecule has 0 saturated heterocycles. The standard InChI is InChI=1S/C3H10O2P2/c1-4-6-7(3)5-2/h6H,1-3H3. The Morgan fingerprint density at radius 1 is 1.43 bits per heavy atom. The van der Waals surface area contributed by atoms with Gasteiger partial charge < -0.3 is 9.05 Å². The molecule has 0 bridgehead atoms. The summed E-state index contributed by atoms with van der Waals surface area (Å²) in [6.45, 7) is 2.04. The molecule has 0 fully saturated rings. The summed E-state index contributed by atoms with van der Waals surface area (Å²) < 4.78 is 9.77. The van der Waals surface area contributed by atoms with Gasteiger partial charge in [0.2, 0.25) is 0 Å². The van der Waals surface area contributed by atoms with Gasteiger partial charge in [-0.2, -0.15) is 0 Å². The van der Waals surface area contributed by atoms with E-state index in [9.17, 15) is 0 Å². The molecular weight excluding hydrogens is 130 g/mol. The Hall–Kier alpha value is 0.780. The van der Waals surface area contributed by atoms with Crippen LogP contribution in [0.4, 0.5) is 0 Å². The Morgan fingerprint density at radius 3 is 2.14 bits per heavy atom. The average molecular weight is 140 g/mol. The first-order valence-corrected chi connectivity index (χ1v) is 5.33. The van der Waals surface area contributed by atoms with Gasteiger partial charge in [-0.1, -0.05) is 0 Å². The SMILES string of the molecule is COPP(C)OC. The Labute approximate surface area is 47.2 Å². The summed E-state index contributed by atoms with van der Waals surface area (Å²) in [7, 11) is 3.66. The van der Waals surface area contributed by atoms with Gasteiger partial charge in [-0.05, 0) is 6.66 Å². The van der Waals surface area contributed by atoms with Crippen molar-refractivity contribution >= 4 is 16.3 Å². The summed E-state index contributed by atoms with van der Waals surface area (Å²) >= 11 is 0. The fourth-order valence-electron chi connectivity index (χ4n) is 0.166. The van der Waals surface area contributed by atoms with E-state index in [0.717, 1.165) is 0 Å². The Bertz CT molecular complexity index is 41.9. The number of hydrogen-bond donors (Lipinski definition) is 0. The summed E-state index contributed by atoms with van der Waals surface area (Å²) in [5.74, 6) is 0. The van der Waals surface area contributed by atoms with Crippen molar-refractivity contribution in [3.8, 4) is 0 Å². The van der Waals surface area contributed by atoms with Crippen LogP contribution in [-0.2, 0) is 9.05 Å². The van der Waals surface area contributed by atoms with Crippen LogP contribution < -0.4 is 0 Å². The van der Waals surface area contributed by atoms with Crippen LogP contribution in [0.5, 0.6) is 0 Å². The highest BCUT2D eigenvalue weighted by Gasteiger charge is 1.93. The second-order valence-electron chi connectivity index (χ2n) is 0.975. The highest BCUT2D eigenvalue weighted by Crippen LogP contribution is 2.52. The normalized spacial score (nSPS) is 15.9. The van der Waals surface area contributed by atoms with Crippen LogP contribution in [0, 0.1) is 0 Å². The summed E-state index contributed by atoms with van der Waals surface area (Å²) in [6, 6.07) is 0. The lowest BCUT2D eigenvalue weighted by atomic mass is 11.8. The molecule has 0 aliphatic carbocycles. The molecule has 0 aromatic heterocycles. The molecule has 2 atom stereocenters. The second-order valence-corrected chi connectivity index (χ2v) is 5.36. The van der Waals surface area contributed by atoms with E-state index < -0.39 is 0 Å². The zero-order chi connectivity index (χ0) is 5.70. The Kier molecular flexibility index (Phi) is 5.48. The molecule has 44 valence electrons. The zero-order valence-corrected chi connectivity index (χ0v) is 6.66. The van der Waals surface area contributed by atoms with Crippen molar-refractivity contribution in [1.82, 2.24) is 0 Å². The van der Waals surface area contributed by atoms with Crippen molar-refractivity contribution < 1.29 is 9.05 Å². The molecule has 2 unspecified atom stereocenters. The van der Waals surface area contributed by atoms with Gasteiger partial charge >= 0.3 is 0 Å². The van der Waals surface area contributed by atoms with E-state index in [4.69, 9.17) is 9.05 Å². The molecule has 0 N–H and O–H groups in total. The smallest absolute Gasteiger partial charge is 0.0745 e. The predicted molar refractivity (Wildman–Crippen MR) is 35.2 cm³/mol. The highest BCUT2D eigenvalue weighted by molar-refractivity contribution is 8.16. The minimum atomic E-state index is -0.273. The zero-order valence-electron chi connectivity index (χ0n) is 4.76. The predicted octanol–water partition coefficient (Wildman–Crippen LogP) is 1.81. The van der Waals surface area contributed by atoms with Crippen molar-refractivity contribution in [2.45, 2.75) is 0 Å². The van der Waals surface area contributed by atoms with Crippen LogP contribution >= 0.6 is 16.3 Å². The molecule has 0 aliphatic rings. The first-order valence-electron chi connectivity index (χ1n) is 1.87. The van der Waals surface area contributed by atoms with Gasteiger partial charge in [0.15, 0.2) is 0 Å². The molecule has 4 heteroatoms. The van der Waals surface area contributed by atoms with E-state index in [1.807, 2.05) is 6.66 Å². The van der Waals surface area contributed by atoms with Crippen LogP contribution in [0.3, 0.4) is 0 Å². The van der Waals surface area contributed by atoms with Gasteiger partial charge in [0.1, 0.15) is 0 Å². The summed E-state index contributed by atoms with van der Waals surface area (Å²) in [5.41, 5.74) is 0. The minimum absolute atomic E-state index is 0.273. The van der Waals surface area contributed by atoms with Gasteiger partial charge in [0.25, 0.3) is 0 Å². The molecule has 0 radical (unpaired) electrons. The van der Waals surface area contributed by atoms with Crippen molar-refractivity contribution in [1.29, 1.82) is 0 Å². The van der Waals surface area contributed by atoms with Crippen molar-refractivity contribution in [3.63, 3.8) is 0 Å². The highest BCUT2D eigenvalue weighted by atomic mass is 32.1. The topological polar surface area (TPSA) is 18.5 Å². The molecule has 0 amide bonds. The largest absolute Gasteiger partial charge is 0.359 e. The molecule has 0 heterocycles. The van der Waals surface area contributed by atoms with Crippen molar-refractivity contribution in [2.75, 3.05) is 20.9 Å². The van der Waals surface area contributed by atoms with E-state index >= 15 is 0 Å². The molecule has 7 heavy (non-hydrogen) atoms. The summed E-state index contributed by atoms with van der Waals surface area (Å²) in [6.07, 6.45) is 0. The summed E-state index contributed by atoms with van der Waals surface area (Å²) in [4.78, 5) is 0. The van der Waals surface area contributed by atoms with E-state index in [-0.39, 0.29) is 7.84 Å². The molecule has 0 aromatic rings. The molecule has 2 nitrogen and oxygen atoms in total. The summed E-state index contributed by atoms with van der Waals surface area (Å²) in [5, 5.41) is 0. The van der Waals surface area contributed by atoms with E-state index in [1.54, 1.807) is 14.2 Å². The Morgan fingerprint density at radius 2 is 2.00 bits per heavy atom. The third-order valence-electron chi connectivity index (χ3n) is 0.494. The van der Waals surface area contributed by atoms with Crippen molar-refractivity contribution in [3.05, 3.63) is 0 Å². The average Bonchev–Trinajstić information content (AvgIpc) is 1.68. The quantitative estimate of drug-likeness (QED) is 0.556. The van der Waals surface area contributed by atoms with Crippen molar-refractivity contribution in [2.24, 2.45) is 0 Å². The lowest BCUT2D eigenvalue weighted by molar-refractivity contribution is 0.458. The van der Waals surface area contributed by atoms with Crippen LogP contribution in [0.25, 0.3) is 0 Å². The fraction of sp³-hybridized carbons (Fsp3) is 1.00. The van der Waals surface area contributed by atoms with Gasteiger partial charge in [-0.3, -0.25) is 0 Å².